The fraction of sp³-hybridized carbons (Fsp3) is 0.286. The first-order valence-electron chi connectivity index (χ1n) is 3.25. The number of amides is 1. The van der Waals surface area contributed by atoms with E-state index in [1.54, 1.807) is 19.1 Å². The summed E-state index contributed by atoms with van der Waals surface area (Å²) in [5, 5.41) is 18.9. The van der Waals surface area contributed by atoms with Crippen molar-refractivity contribution in [3.8, 4) is 12.1 Å². The summed E-state index contributed by atoms with van der Waals surface area (Å²) in [5.74, 6) is -0.343. The van der Waals surface area contributed by atoms with E-state index in [2.05, 4.69) is 5.32 Å². The Morgan fingerprint density at radius 3 is 2.42 bits per heavy atom. The number of allylic oxidation sites excluding steroid dienone is 2. The summed E-state index contributed by atoms with van der Waals surface area (Å²) in [6.45, 7) is 1.63. The average molecular weight is 164 g/mol. The minimum absolute atomic E-state index is 0.190. The maximum absolute atomic E-state index is 10.7. The third-order valence-electron chi connectivity index (χ3n) is 1.09. The van der Waals surface area contributed by atoms with Gasteiger partial charge in [0.25, 0.3) is 0 Å². The van der Waals surface area contributed by atoms with E-state index in [0.29, 0.717) is 0 Å². The molecule has 5 nitrogen and oxygen atoms in total. The van der Waals surface area contributed by atoms with Crippen LogP contribution in [-0.4, -0.2) is 5.91 Å². The van der Waals surface area contributed by atoms with Gasteiger partial charge >= 0.3 is 0 Å². The molecule has 0 aliphatic heterocycles. The van der Waals surface area contributed by atoms with Crippen molar-refractivity contribution in [3.63, 3.8) is 0 Å². The maximum Gasteiger partial charge on any atom is 0.224 e. The summed E-state index contributed by atoms with van der Waals surface area (Å²) >= 11 is 0. The Hall–Kier alpha value is -2.01. The number of hydrogen-bond donors (Lipinski definition) is 2. The van der Waals surface area contributed by atoms with E-state index in [0.717, 1.165) is 0 Å². The van der Waals surface area contributed by atoms with Gasteiger partial charge in [-0.2, -0.15) is 10.5 Å². The molecule has 12 heavy (non-hydrogen) atoms. The van der Waals surface area contributed by atoms with Crippen molar-refractivity contribution in [1.29, 1.82) is 10.5 Å². The molecule has 0 spiro atoms. The van der Waals surface area contributed by atoms with Crippen molar-refractivity contribution >= 4 is 5.91 Å². The number of carbonyl (C=O) groups is 1. The highest BCUT2D eigenvalue weighted by Gasteiger charge is 2.04. The van der Waals surface area contributed by atoms with Gasteiger partial charge in [-0.1, -0.05) is 6.92 Å². The van der Waals surface area contributed by atoms with Crippen LogP contribution in [0.15, 0.2) is 11.4 Å². The third-order valence-corrected chi connectivity index (χ3v) is 1.09. The fourth-order valence-electron chi connectivity index (χ4n) is 0.439. The van der Waals surface area contributed by atoms with Crippen LogP contribution >= 0.6 is 0 Å². The van der Waals surface area contributed by atoms with Crippen LogP contribution < -0.4 is 11.1 Å². The first-order valence-corrected chi connectivity index (χ1v) is 3.25. The van der Waals surface area contributed by atoms with Crippen LogP contribution in [0.4, 0.5) is 0 Å². The molecule has 0 unspecified atom stereocenters. The van der Waals surface area contributed by atoms with Crippen molar-refractivity contribution in [2.45, 2.75) is 13.3 Å². The molecule has 0 saturated heterocycles. The molecule has 0 aliphatic rings. The average Bonchev–Trinajstić information content (AvgIpc) is 2.12. The van der Waals surface area contributed by atoms with Crippen LogP contribution in [0.3, 0.4) is 0 Å². The topological polar surface area (TPSA) is 103 Å². The molecule has 0 rings (SSSR count). The molecule has 0 bridgehead atoms. The predicted molar refractivity (Wildman–Crippen MR) is 40.9 cm³/mol. The zero-order valence-corrected chi connectivity index (χ0v) is 6.59. The van der Waals surface area contributed by atoms with Gasteiger partial charge in [-0.3, -0.25) is 4.79 Å². The molecule has 0 aromatic rings. The van der Waals surface area contributed by atoms with Gasteiger partial charge in [0.2, 0.25) is 5.91 Å². The second-order valence-electron chi connectivity index (χ2n) is 1.91. The summed E-state index contributed by atoms with van der Waals surface area (Å²) in [7, 11) is 0. The maximum atomic E-state index is 10.7. The van der Waals surface area contributed by atoms with Gasteiger partial charge in [0.15, 0.2) is 5.70 Å². The Balaban J connectivity index is 4.55. The first-order chi connectivity index (χ1) is 5.65. The molecule has 0 aromatic heterocycles. The number of nitrogens with one attached hydrogen (secondary N) is 1. The van der Waals surface area contributed by atoms with E-state index >= 15 is 0 Å². The number of nitrogens with zero attached hydrogens (tertiary/aromatic N) is 2. The van der Waals surface area contributed by atoms with Gasteiger partial charge in [0.05, 0.1) is 0 Å². The monoisotopic (exact) mass is 164 g/mol. The predicted octanol–water partition coefficient (Wildman–Crippen LogP) is -0.270. The number of hydrogen-bond acceptors (Lipinski definition) is 4. The van der Waals surface area contributed by atoms with E-state index < -0.39 is 0 Å². The normalized spacial score (nSPS) is 10.6. The minimum atomic E-state index is -0.343. The molecule has 0 fully saturated rings. The highest BCUT2D eigenvalue weighted by Crippen LogP contribution is 1.92. The van der Waals surface area contributed by atoms with E-state index in [9.17, 15) is 4.79 Å². The Kier molecular flexibility index (Phi) is 3.96. The molecule has 62 valence electrons. The summed E-state index contributed by atoms with van der Waals surface area (Å²) < 4.78 is 0. The van der Waals surface area contributed by atoms with Crippen molar-refractivity contribution in [2.75, 3.05) is 0 Å². The lowest BCUT2D eigenvalue weighted by Crippen LogP contribution is -2.23. The number of rotatable bonds is 2. The lowest BCUT2D eigenvalue weighted by Gasteiger charge is -1.99. The van der Waals surface area contributed by atoms with Crippen molar-refractivity contribution < 1.29 is 4.79 Å². The van der Waals surface area contributed by atoms with Crippen LogP contribution in [0.2, 0.25) is 0 Å². The van der Waals surface area contributed by atoms with Gasteiger partial charge < -0.3 is 11.1 Å². The minimum Gasteiger partial charge on any atom is -0.388 e. The second-order valence-corrected chi connectivity index (χ2v) is 1.91. The van der Waals surface area contributed by atoms with Crippen LogP contribution in [0.25, 0.3) is 0 Å². The molecule has 3 N–H and O–H groups in total. The highest BCUT2D eigenvalue weighted by molar-refractivity contribution is 5.78. The van der Waals surface area contributed by atoms with E-state index in [1.807, 2.05) is 0 Å². The van der Waals surface area contributed by atoms with Gasteiger partial charge in [0.1, 0.15) is 17.8 Å². The summed E-state index contributed by atoms with van der Waals surface area (Å²) in [6.07, 6.45) is 0.240. The van der Waals surface area contributed by atoms with Crippen LogP contribution in [0, 0.1) is 22.7 Å². The molecule has 5 heteroatoms. The van der Waals surface area contributed by atoms with Gasteiger partial charge in [0, 0.05) is 6.42 Å². The van der Waals surface area contributed by atoms with Crippen LogP contribution in [0.5, 0.6) is 0 Å². The Labute approximate surface area is 70.1 Å². The molecular weight excluding hydrogens is 156 g/mol. The van der Waals surface area contributed by atoms with Gasteiger partial charge in [-0.25, -0.2) is 0 Å². The van der Waals surface area contributed by atoms with Crippen molar-refractivity contribution in [2.24, 2.45) is 5.73 Å². The van der Waals surface area contributed by atoms with Crippen molar-refractivity contribution in [1.82, 2.24) is 5.32 Å². The van der Waals surface area contributed by atoms with Crippen LogP contribution in [0.1, 0.15) is 13.3 Å². The Morgan fingerprint density at radius 2 is 2.08 bits per heavy atom. The summed E-state index contributed by atoms with van der Waals surface area (Å²) in [4.78, 5) is 10.7. The molecule has 0 aliphatic carbocycles. The van der Waals surface area contributed by atoms with E-state index in [4.69, 9.17) is 16.3 Å². The summed E-state index contributed by atoms with van der Waals surface area (Å²) in [6, 6.07) is 3.18. The Morgan fingerprint density at radius 1 is 1.50 bits per heavy atom. The molecular formula is C7H8N4O. The SMILES string of the molecule is CCC(=O)NC(C#N)=C(N)C#N. The Bertz CT molecular complexity index is 292. The largest absolute Gasteiger partial charge is 0.388 e. The lowest BCUT2D eigenvalue weighted by atomic mass is 10.3. The first kappa shape index (κ1) is 9.99. The van der Waals surface area contributed by atoms with Crippen molar-refractivity contribution in [3.05, 3.63) is 11.4 Å². The lowest BCUT2D eigenvalue weighted by molar-refractivity contribution is -0.120. The number of nitriles is 2. The molecule has 0 radical (unpaired) electrons. The van der Waals surface area contributed by atoms with Gasteiger partial charge in [-0.15, -0.1) is 0 Å². The fourth-order valence-corrected chi connectivity index (χ4v) is 0.439. The van der Waals surface area contributed by atoms with E-state index in [1.165, 1.54) is 0 Å². The standard InChI is InChI=1S/C7H8N4O/c1-2-7(12)11-6(4-9)5(10)3-8/h2,10H2,1H3,(H,11,12). The quantitative estimate of drug-likeness (QED) is 0.548. The molecule has 0 saturated carbocycles. The third kappa shape index (κ3) is 2.72. The smallest absolute Gasteiger partial charge is 0.224 e. The molecule has 0 heterocycles. The van der Waals surface area contributed by atoms with Crippen LogP contribution in [-0.2, 0) is 4.79 Å². The highest BCUT2D eigenvalue weighted by atomic mass is 16.1. The number of nitrogens with two attached hydrogens (primary N) is 1. The molecule has 0 atom stereocenters. The van der Waals surface area contributed by atoms with E-state index in [-0.39, 0.29) is 23.7 Å². The second kappa shape index (κ2) is 4.75. The molecule has 1 amide bonds. The zero-order valence-electron chi connectivity index (χ0n) is 6.59. The summed E-state index contributed by atoms with van der Waals surface area (Å²) in [5.41, 5.74) is 4.64. The number of carbonyl (C=O) groups excluding carboxylic acids is 1. The molecule has 0 aromatic carbocycles. The van der Waals surface area contributed by atoms with Gasteiger partial charge in [-0.05, 0) is 0 Å². The zero-order chi connectivity index (χ0) is 9.56.